The molecule has 2 aromatic carbocycles. The van der Waals surface area contributed by atoms with Crippen LogP contribution >= 0.6 is 0 Å². The summed E-state index contributed by atoms with van der Waals surface area (Å²) in [6.07, 6.45) is 0. The highest BCUT2D eigenvalue weighted by Gasteiger charge is 2.20. The summed E-state index contributed by atoms with van der Waals surface area (Å²) in [5, 5.41) is 5.59. The van der Waals surface area contributed by atoms with Gasteiger partial charge in [0.05, 0.1) is 28.8 Å². The molecule has 2 heterocycles. The van der Waals surface area contributed by atoms with Gasteiger partial charge in [-0.25, -0.2) is 9.37 Å². The van der Waals surface area contributed by atoms with Gasteiger partial charge in [0.15, 0.2) is 0 Å². The Morgan fingerprint density at radius 2 is 1.94 bits per heavy atom. The summed E-state index contributed by atoms with van der Waals surface area (Å²) < 4.78 is 21.8. The third kappa shape index (κ3) is 4.12. The summed E-state index contributed by atoms with van der Waals surface area (Å²) in [5.74, 6) is 0.795. The van der Waals surface area contributed by atoms with E-state index in [1.54, 1.807) is 36.4 Å². The third-order valence-electron chi connectivity index (χ3n) is 5.06. The number of nitrogens with one attached hydrogen (secondary N) is 2. The van der Waals surface area contributed by atoms with Gasteiger partial charge in [0.2, 0.25) is 5.91 Å². The van der Waals surface area contributed by atoms with Crippen LogP contribution in [0, 0.1) is 12.7 Å². The number of carbonyl (C=O) groups excluding carboxylic acids is 2. The third-order valence-corrected chi connectivity index (χ3v) is 5.06. The summed E-state index contributed by atoms with van der Waals surface area (Å²) in [4.78, 5) is 29.3. The number of aryl methyl sites for hydroxylation is 2. The molecule has 0 saturated heterocycles. The summed E-state index contributed by atoms with van der Waals surface area (Å²) in [6, 6.07) is 13.2. The number of hydrogen-bond donors (Lipinski definition) is 2. The zero-order valence-electron chi connectivity index (χ0n) is 18.0. The van der Waals surface area contributed by atoms with Crippen molar-refractivity contribution >= 4 is 28.5 Å². The number of aromatic nitrogens is 2. The first-order chi connectivity index (χ1) is 15.4. The Balaban J connectivity index is 1.79. The normalized spacial score (nSPS) is 11.0. The van der Waals surface area contributed by atoms with Crippen LogP contribution in [0.1, 0.15) is 35.7 Å². The number of furan rings is 1. The van der Waals surface area contributed by atoms with Crippen LogP contribution in [0.2, 0.25) is 0 Å². The van der Waals surface area contributed by atoms with Crippen molar-refractivity contribution in [3.8, 4) is 11.4 Å². The molecule has 0 atom stereocenters. The zero-order chi connectivity index (χ0) is 22.8. The summed E-state index contributed by atoms with van der Waals surface area (Å²) in [5.41, 5.74) is 2.21. The highest BCUT2D eigenvalue weighted by molar-refractivity contribution is 6.05. The SMILES string of the molecule is CCn1c(-c2ccccc2F)nc2cc(C(=O)NCc3ccc(C)o3)cc(NC(C)=O)c21. The maximum absolute atomic E-state index is 14.5. The Hall–Kier alpha value is -3.94. The van der Waals surface area contributed by atoms with Crippen molar-refractivity contribution in [3.63, 3.8) is 0 Å². The second-order valence-electron chi connectivity index (χ2n) is 7.43. The molecule has 7 nitrogen and oxygen atoms in total. The first kappa shape index (κ1) is 21.3. The number of rotatable bonds is 6. The quantitative estimate of drug-likeness (QED) is 0.462. The van der Waals surface area contributed by atoms with Crippen molar-refractivity contribution in [2.45, 2.75) is 33.9 Å². The molecule has 0 aliphatic heterocycles. The molecule has 164 valence electrons. The van der Waals surface area contributed by atoms with Crippen molar-refractivity contribution in [2.75, 3.05) is 5.32 Å². The molecule has 4 aromatic rings. The van der Waals surface area contributed by atoms with Crippen LogP contribution in [-0.2, 0) is 17.9 Å². The maximum Gasteiger partial charge on any atom is 0.251 e. The van der Waals surface area contributed by atoms with Crippen LogP contribution < -0.4 is 10.6 Å². The van der Waals surface area contributed by atoms with Gasteiger partial charge in [0, 0.05) is 19.0 Å². The number of fused-ring (bicyclic) bond motifs is 1. The van der Waals surface area contributed by atoms with Gasteiger partial charge >= 0.3 is 0 Å². The lowest BCUT2D eigenvalue weighted by Crippen LogP contribution is -2.23. The van der Waals surface area contributed by atoms with Gasteiger partial charge < -0.3 is 19.6 Å². The number of carbonyl (C=O) groups is 2. The van der Waals surface area contributed by atoms with Crippen LogP contribution in [0.4, 0.5) is 10.1 Å². The van der Waals surface area contributed by atoms with E-state index in [0.717, 1.165) is 5.76 Å². The average Bonchev–Trinajstić information content (AvgIpc) is 3.34. The fraction of sp³-hybridized carbons (Fsp3) is 0.208. The number of nitrogens with zero attached hydrogens (tertiary/aromatic N) is 2. The summed E-state index contributed by atoms with van der Waals surface area (Å²) in [6.45, 7) is 5.85. The number of imidazole rings is 1. The zero-order valence-corrected chi connectivity index (χ0v) is 18.0. The minimum Gasteiger partial charge on any atom is -0.465 e. The second-order valence-corrected chi connectivity index (χ2v) is 7.43. The molecule has 2 aromatic heterocycles. The highest BCUT2D eigenvalue weighted by Crippen LogP contribution is 2.32. The van der Waals surface area contributed by atoms with Crippen molar-refractivity contribution < 1.29 is 18.4 Å². The molecule has 0 spiro atoms. The summed E-state index contributed by atoms with van der Waals surface area (Å²) in [7, 11) is 0. The Labute approximate surface area is 184 Å². The Bertz CT molecular complexity index is 1320. The van der Waals surface area contributed by atoms with Crippen molar-refractivity contribution in [1.82, 2.24) is 14.9 Å². The molecule has 0 fully saturated rings. The molecule has 32 heavy (non-hydrogen) atoms. The smallest absolute Gasteiger partial charge is 0.251 e. The van der Waals surface area contributed by atoms with E-state index in [9.17, 15) is 14.0 Å². The van der Waals surface area contributed by atoms with Gasteiger partial charge in [-0.3, -0.25) is 9.59 Å². The molecule has 0 aliphatic rings. The molecule has 0 bridgehead atoms. The van der Waals surface area contributed by atoms with Crippen molar-refractivity contribution in [1.29, 1.82) is 0 Å². The Morgan fingerprint density at radius 3 is 2.59 bits per heavy atom. The number of anilines is 1. The van der Waals surface area contributed by atoms with E-state index < -0.39 is 5.82 Å². The molecule has 4 rings (SSSR count). The number of amides is 2. The monoisotopic (exact) mass is 434 g/mol. The molecule has 0 saturated carbocycles. The van der Waals surface area contributed by atoms with Crippen molar-refractivity contribution in [2.24, 2.45) is 0 Å². The molecule has 0 unspecified atom stereocenters. The first-order valence-corrected chi connectivity index (χ1v) is 10.3. The lowest BCUT2D eigenvalue weighted by Gasteiger charge is -2.12. The standard InChI is InChI=1S/C24H23FN4O3/c1-4-29-22-20(27-15(3)30)11-16(24(31)26-13-17-10-9-14(2)32-17)12-21(22)28-23(29)18-7-5-6-8-19(18)25/h5-12H,4,13H2,1-3H3,(H,26,31)(H,27,30). The van der Waals surface area contributed by atoms with Gasteiger partial charge in [-0.15, -0.1) is 0 Å². The van der Waals surface area contributed by atoms with Crippen LogP contribution in [0.25, 0.3) is 22.4 Å². The summed E-state index contributed by atoms with van der Waals surface area (Å²) >= 11 is 0. The van der Waals surface area contributed by atoms with E-state index in [1.807, 2.05) is 24.5 Å². The van der Waals surface area contributed by atoms with Crippen LogP contribution in [0.5, 0.6) is 0 Å². The van der Waals surface area contributed by atoms with E-state index in [2.05, 4.69) is 15.6 Å². The number of benzene rings is 2. The van der Waals surface area contributed by atoms with Gasteiger partial charge in [-0.2, -0.15) is 0 Å². The lowest BCUT2D eigenvalue weighted by molar-refractivity contribution is -0.114. The van der Waals surface area contributed by atoms with Crippen LogP contribution in [0.3, 0.4) is 0 Å². The first-order valence-electron chi connectivity index (χ1n) is 10.3. The minimum atomic E-state index is -0.398. The Kier molecular flexibility index (Phi) is 5.77. The molecule has 0 aliphatic carbocycles. The fourth-order valence-electron chi connectivity index (χ4n) is 3.69. The maximum atomic E-state index is 14.5. The molecular weight excluding hydrogens is 411 g/mol. The van der Waals surface area contributed by atoms with E-state index in [4.69, 9.17) is 4.42 Å². The highest BCUT2D eigenvalue weighted by atomic mass is 19.1. The fourth-order valence-corrected chi connectivity index (χ4v) is 3.69. The second kappa shape index (κ2) is 8.66. The number of halogens is 1. The predicted octanol–water partition coefficient (Wildman–Crippen LogP) is 4.65. The molecule has 2 amide bonds. The van der Waals surface area contributed by atoms with Crippen molar-refractivity contribution in [3.05, 3.63) is 71.4 Å². The van der Waals surface area contributed by atoms with E-state index in [-0.39, 0.29) is 18.4 Å². The van der Waals surface area contributed by atoms with E-state index in [0.29, 0.717) is 46.0 Å². The molecular formula is C24H23FN4O3. The van der Waals surface area contributed by atoms with Gasteiger partial charge in [-0.1, -0.05) is 12.1 Å². The molecule has 0 radical (unpaired) electrons. The van der Waals surface area contributed by atoms with E-state index >= 15 is 0 Å². The minimum absolute atomic E-state index is 0.226. The molecule has 8 heteroatoms. The Morgan fingerprint density at radius 1 is 1.16 bits per heavy atom. The van der Waals surface area contributed by atoms with Crippen LogP contribution in [-0.4, -0.2) is 21.4 Å². The van der Waals surface area contributed by atoms with Crippen LogP contribution in [0.15, 0.2) is 52.9 Å². The average molecular weight is 434 g/mol. The van der Waals surface area contributed by atoms with Gasteiger partial charge in [0.1, 0.15) is 23.2 Å². The topological polar surface area (TPSA) is 89.2 Å². The molecule has 2 N–H and O–H groups in total. The number of hydrogen-bond acceptors (Lipinski definition) is 4. The van der Waals surface area contributed by atoms with Gasteiger partial charge in [-0.05, 0) is 50.2 Å². The predicted molar refractivity (Wildman–Crippen MR) is 120 cm³/mol. The van der Waals surface area contributed by atoms with Gasteiger partial charge in [0.25, 0.3) is 5.91 Å². The van der Waals surface area contributed by atoms with E-state index in [1.165, 1.54) is 13.0 Å². The lowest BCUT2D eigenvalue weighted by atomic mass is 10.1. The largest absolute Gasteiger partial charge is 0.465 e.